The summed E-state index contributed by atoms with van der Waals surface area (Å²) < 4.78 is 5.29. The maximum Gasteiger partial charge on any atom is 0.118 e. The minimum Gasteiger partial charge on any atom is -0.497 e. The smallest absolute Gasteiger partial charge is 0.118 e. The second-order valence-electron chi connectivity index (χ2n) is 6.69. The highest BCUT2D eigenvalue weighted by Gasteiger charge is 2.43. The Kier molecular flexibility index (Phi) is 5.28. The molecular weight excluding hydrogens is 260 g/mol. The van der Waals surface area contributed by atoms with Crippen LogP contribution in [0.25, 0.3) is 0 Å². The lowest BCUT2D eigenvalue weighted by Crippen LogP contribution is -2.55. The largest absolute Gasteiger partial charge is 0.497 e. The van der Waals surface area contributed by atoms with Gasteiger partial charge >= 0.3 is 0 Å². The van der Waals surface area contributed by atoms with E-state index in [-0.39, 0.29) is 5.54 Å². The van der Waals surface area contributed by atoms with E-state index in [1.165, 1.54) is 31.2 Å². The number of methoxy groups -OCH3 is 1. The summed E-state index contributed by atoms with van der Waals surface area (Å²) in [5, 5.41) is 3.59. The monoisotopic (exact) mass is 290 g/mol. The summed E-state index contributed by atoms with van der Waals surface area (Å²) in [7, 11) is 8.26. The summed E-state index contributed by atoms with van der Waals surface area (Å²) in [6.07, 6.45) is 5.17. The van der Waals surface area contributed by atoms with Crippen LogP contribution in [0.15, 0.2) is 24.3 Å². The van der Waals surface area contributed by atoms with Gasteiger partial charge in [-0.25, -0.2) is 0 Å². The molecule has 1 aromatic carbocycles. The molecule has 2 rings (SSSR count). The van der Waals surface area contributed by atoms with Gasteiger partial charge in [0.25, 0.3) is 0 Å². The second kappa shape index (κ2) is 6.80. The lowest BCUT2D eigenvalue weighted by molar-refractivity contribution is 0.0393. The molecule has 0 bridgehead atoms. The van der Waals surface area contributed by atoms with Gasteiger partial charge in [0.05, 0.1) is 13.2 Å². The number of hydrogen-bond acceptors (Lipinski definition) is 3. The standard InChI is InChI=1S/C18H30N2O/c1-14-7-6-12-18(13-14,20(3)4)17(19-2)15-8-10-16(21-5)11-9-15/h8-11,14,17,19H,6-7,12-13H2,1-5H3. The molecule has 0 amide bonds. The van der Waals surface area contributed by atoms with Crippen molar-refractivity contribution in [3.63, 3.8) is 0 Å². The Morgan fingerprint density at radius 2 is 1.95 bits per heavy atom. The van der Waals surface area contributed by atoms with Crippen LogP contribution in [0.4, 0.5) is 0 Å². The molecule has 0 aliphatic heterocycles. The maximum absolute atomic E-state index is 5.29. The zero-order valence-electron chi connectivity index (χ0n) is 14.1. The molecule has 3 nitrogen and oxygen atoms in total. The van der Waals surface area contributed by atoms with Crippen LogP contribution in [0.3, 0.4) is 0 Å². The summed E-state index contributed by atoms with van der Waals surface area (Å²) in [5.41, 5.74) is 1.54. The van der Waals surface area contributed by atoms with Crippen molar-refractivity contribution in [3.05, 3.63) is 29.8 Å². The number of likely N-dealkylation sites (N-methyl/N-ethyl adjacent to an activating group) is 2. The third-order valence-corrected chi connectivity index (χ3v) is 5.17. The third kappa shape index (κ3) is 3.24. The predicted molar refractivity (Wildman–Crippen MR) is 88.8 cm³/mol. The molecule has 0 heterocycles. The molecule has 21 heavy (non-hydrogen) atoms. The molecule has 1 saturated carbocycles. The van der Waals surface area contributed by atoms with Crippen LogP contribution in [0.1, 0.15) is 44.2 Å². The van der Waals surface area contributed by atoms with Gasteiger partial charge in [0.1, 0.15) is 5.75 Å². The van der Waals surface area contributed by atoms with E-state index in [4.69, 9.17) is 4.74 Å². The highest BCUT2D eigenvalue weighted by molar-refractivity contribution is 5.31. The topological polar surface area (TPSA) is 24.5 Å². The Labute approximate surface area is 129 Å². The van der Waals surface area contributed by atoms with Crippen molar-refractivity contribution in [2.45, 2.75) is 44.2 Å². The van der Waals surface area contributed by atoms with E-state index in [0.29, 0.717) is 6.04 Å². The molecular formula is C18H30N2O. The first-order valence-corrected chi connectivity index (χ1v) is 8.02. The molecule has 1 aliphatic carbocycles. The molecule has 3 heteroatoms. The molecule has 3 atom stereocenters. The van der Waals surface area contributed by atoms with Gasteiger partial charge in [0.15, 0.2) is 0 Å². The molecule has 0 aromatic heterocycles. The lowest BCUT2D eigenvalue weighted by atomic mass is 9.69. The van der Waals surface area contributed by atoms with Crippen molar-refractivity contribution in [1.29, 1.82) is 0 Å². The quantitative estimate of drug-likeness (QED) is 0.898. The average Bonchev–Trinajstić information content (AvgIpc) is 2.48. The van der Waals surface area contributed by atoms with Gasteiger partial charge in [0.2, 0.25) is 0 Å². The Balaban J connectivity index is 2.34. The normalized spacial score (nSPS) is 27.6. The lowest BCUT2D eigenvalue weighted by Gasteiger charge is -2.50. The molecule has 1 aromatic rings. The van der Waals surface area contributed by atoms with Gasteiger partial charge in [0, 0.05) is 5.54 Å². The van der Waals surface area contributed by atoms with E-state index in [9.17, 15) is 0 Å². The van der Waals surface area contributed by atoms with E-state index < -0.39 is 0 Å². The predicted octanol–water partition coefficient (Wildman–Crippen LogP) is 3.47. The summed E-state index contributed by atoms with van der Waals surface area (Å²) >= 11 is 0. The van der Waals surface area contributed by atoms with Crippen molar-refractivity contribution in [2.75, 3.05) is 28.3 Å². The van der Waals surface area contributed by atoms with E-state index in [1.807, 2.05) is 0 Å². The van der Waals surface area contributed by atoms with Gasteiger partial charge in [-0.05, 0) is 57.6 Å². The SMILES string of the molecule is CNC(c1ccc(OC)cc1)C1(N(C)C)CCCC(C)C1. The fourth-order valence-corrected chi connectivity index (χ4v) is 4.03. The van der Waals surface area contributed by atoms with Crippen LogP contribution in [0.5, 0.6) is 5.75 Å². The number of ether oxygens (including phenoxy) is 1. The van der Waals surface area contributed by atoms with Gasteiger partial charge < -0.3 is 15.0 Å². The van der Waals surface area contributed by atoms with Crippen molar-refractivity contribution in [3.8, 4) is 5.75 Å². The zero-order chi connectivity index (χ0) is 15.5. The fraction of sp³-hybridized carbons (Fsp3) is 0.667. The molecule has 118 valence electrons. The first kappa shape index (κ1) is 16.3. The Bertz CT molecular complexity index is 443. The first-order valence-electron chi connectivity index (χ1n) is 8.02. The van der Waals surface area contributed by atoms with E-state index in [1.54, 1.807) is 7.11 Å². The minimum atomic E-state index is 0.195. The van der Waals surface area contributed by atoms with Crippen molar-refractivity contribution in [1.82, 2.24) is 10.2 Å². The van der Waals surface area contributed by atoms with Crippen molar-refractivity contribution < 1.29 is 4.74 Å². The number of rotatable bonds is 5. The van der Waals surface area contributed by atoms with E-state index in [0.717, 1.165) is 11.7 Å². The Hall–Kier alpha value is -1.06. The van der Waals surface area contributed by atoms with Crippen LogP contribution in [-0.4, -0.2) is 38.7 Å². The number of hydrogen-bond donors (Lipinski definition) is 1. The number of nitrogens with zero attached hydrogens (tertiary/aromatic N) is 1. The minimum absolute atomic E-state index is 0.195. The van der Waals surface area contributed by atoms with E-state index >= 15 is 0 Å². The molecule has 0 radical (unpaired) electrons. The third-order valence-electron chi connectivity index (χ3n) is 5.17. The molecule has 1 fully saturated rings. The van der Waals surface area contributed by atoms with Crippen LogP contribution >= 0.6 is 0 Å². The molecule has 3 unspecified atom stereocenters. The average molecular weight is 290 g/mol. The summed E-state index contributed by atoms with van der Waals surface area (Å²) in [6.45, 7) is 2.39. The first-order chi connectivity index (χ1) is 10.0. The van der Waals surface area contributed by atoms with Gasteiger partial charge in [-0.15, -0.1) is 0 Å². The van der Waals surface area contributed by atoms with Crippen LogP contribution in [-0.2, 0) is 0 Å². The van der Waals surface area contributed by atoms with E-state index in [2.05, 4.69) is 62.5 Å². The Morgan fingerprint density at radius 3 is 2.43 bits per heavy atom. The molecule has 0 spiro atoms. The molecule has 1 aliphatic rings. The van der Waals surface area contributed by atoms with Crippen LogP contribution < -0.4 is 10.1 Å². The van der Waals surface area contributed by atoms with Gasteiger partial charge in [-0.2, -0.15) is 0 Å². The zero-order valence-corrected chi connectivity index (χ0v) is 14.1. The van der Waals surface area contributed by atoms with Crippen LogP contribution in [0, 0.1) is 5.92 Å². The van der Waals surface area contributed by atoms with Crippen molar-refractivity contribution >= 4 is 0 Å². The number of benzene rings is 1. The highest BCUT2D eigenvalue weighted by atomic mass is 16.5. The second-order valence-corrected chi connectivity index (χ2v) is 6.69. The van der Waals surface area contributed by atoms with Gasteiger partial charge in [-0.1, -0.05) is 31.9 Å². The van der Waals surface area contributed by atoms with Crippen LogP contribution in [0.2, 0.25) is 0 Å². The van der Waals surface area contributed by atoms with Gasteiger partial charge in [-0.3, -0.25) is 0 Å². The summed E-state index contributed by atoms with van der Waals surface area (Å²) in [6, 6.07) is 8.88. The summed E-state index contributed by atoms with van der Waals surface area (Å²) in [5.74, 6) is 1.71. The van der Waals surface area contributed by atoms with Crippen molar-refractivity contribution in [2.24, 2.45) is 5.92 Å². The Morgan fingerprint density at radius 1 is 1.29 bits per heavy atom. The highest BCUT2D eigenvalue weighted by Crippen LogP contribution is 2.44. The molecule has 1 N–H and O–H groups in total. The number of nitrogens with one attached hydrogen (secondary N) is 1. The maximum atomic E-state index is 5.29. The summed E-state index contributed by atoms with van der Waals surface area (Å²) in [4.78, 5) is 2.44. The fourth-order valence-electron chi connectivity index (χ4n) is 4.03. The molecule has 0 saturated heterocycles.